The van der Waals surface area contributed by atoms with Crippen molar-refractivity contribution in [3.8, 4) is 0 Å². The molecule has 1 aromatic rings. The van der Waals surface area contributed by atoms with Gasteiger partial charge in [-0.2, -0.15) is 4.31 Å². The van der Waals surface area contributed by atoms with Gasteiger partial charge in [0.1, 0.15) is 0 Å². The Morgan fingerprint density at radius 2 is 1.90 bits per heavy atom. The molecule has 0 spiro atoms. The molecule has 5 heteroatoms. The summed E-state index contributed by atoms with van der Waals surface area (Å²) in [4.78, 5) is 0.397. The number of rotatable bonds is 3. The molecule has 0 unspecified atom stereocenters. The average molecular weight is 307 g/mol. The van der Waals surface area contributed by atoms with Gasteiger partial charge >= 0.3 is 0 Å². The van der Waals surface area contributed by atoms with Crippen molar-refractivity contribution in [2.75, 3.05) is 26.3 Å². The molecule has 0 aromatic heterocycles. The van der Waals surface area contributed by atoms with Crippen molar-refractivity contribution in [1.29, 1.82) is 0 Å². The predicted octanol–water partition coefficient (Wildman–Crippen LogP) is 2.66. The van der Waals surface area contributed by atoms with E-state index in [0.29, 0.717) is 31.2 Å². The van der Waals surface area contributed by atoms with Crippen molar-refractivity contribution in [3.05, 3.63) is 35.9 Å². The first-order valence-electron chi connectivity index (χ1n) is 7.55. The Kier molecular flexibility index (Phi) is 4.42. The van der Waals surface area contributed by atoms with Gasteiger partial charge in [-0.25, -0.2) is 8.42 Å². The second-order valence-electron chi connectivity index (χ2n) is 5.52. The van der Waals surface area contributed by atoms with Crippen LogP contribution < -0.4 is 0 Å². The third-order valence-corrected chi connectivity index (χ3v) is 6.00. The zero-order valence-electron chi connectivity index (χ0n) is 12.1. The summed E-state index contributed by atoms with van der Waals surface area (Å²) in [7, 11) is -3.40. The zero-order chi connectivity index (χ0) is 14.7. The van der Waals surface area contributed by atoms with Gasteiger partial charge in [-0.3, -0.25) is 0 Å². The molecular formula is C16H21NO3S. The Hall–Kier alpha value is -1.17. The monoisotopic (exact) mass is 307 g/mol. The smallest absolute Gasteiger partial charge is 0.243 e. The molecule has 1 heterocycles. The van der Waals surface area contributed by atoms with E-state index in [2.05, 4.69) is 6.08 Å². The summed E-state index contributed by atoms with van der Waals surface area (Å²) >= 11 is 0. The highest BCUT2D eigenvalue weighted by molar-refractivity contribution is 7.89. The summed E-state index contributed by atoms with van der Waals surface area (Å²) in [6, 6.07) is 7.37. The number of allylic oxidation sites excluding steroid dienone is 2. The fourth-order valence-corrected chi connectivity index (χ4v) is 4.35. The van der Waals surface area contributed by atoms with Gasteiger partial charge in [0.2, 0.25) is 10.0 Å². The predicted molar refractivity (Wildman–Crippen MR) is 82.5 cm³/mol. The summed E-state index contributed by atoms with van der Waals surface area (Å²) in [6.45, 7) is 1.83. The van der Waals surface area contributed by atoms with Crippen LogP contribution in [0, 0.1) is 0 Å². The normalized spacial score (nSPS) is 21.0. The molecule has 0 bridgehead atoms. The number of morpholine rings is 1. The summed E-state index contributed by atoms with van der Waals surface area (Å²) in [5, 5.41) is 0. The van der Waals surface area contributed by atoms with Gasteiger partial charge in [-0.05, 0) is 49.0 Å². The molecule has 1 aliphatic carbocycles. The molecule has 1 aromatic carbocycles. The molecule has 114 valence electrons. The average Bonchev–Trinajstić information content (AvgIpc) is 2.57. The standard InChI is InChI=1S/C16H21NO3S/c18-21(19,17-9-11-20-12-10-17)16-8-4-7-15(13-16)14-5-2-1-3-6-14/h4-5,7-8,13H,1-3,6,9-12H2. The minimum absolute atomic E-state index is 0.397. The van der Waals surface area contributed by atoms with Gasteiger partial charge in [0.05, 0.1) is 18.1 Å². The van der Waals surface area contributed by atoms with Gasteiger partial charge in [-0.15, -0.1) is 0 Å². The van der Waals surface area contributed by atoms with E-state index in [1.165, 1.54) is 22.7 Å². The van der Waals surface area contributed by atoms with E-state index < -0.39 is 10.0 Å². The summed E-state index contributed by atoms with van der Waals surface area (Å²) < 4.78 is 32.1. The number of ether oxygens (including phenoxy) is 1. The lowest BCUT2D eigenvalue weighted by Gasteiger charge is -2.26. The second kappa shape index (κ2) is 6.30. The lowest BCUT2D eigenvalue weighted by molar-refractivity contribution is 0.0730. The maximum absolute atomic E-state index is 12.7. The first-order chi connectivity index (χ1) is 10.2. The van der Waals surface area contributed by atoms with Crippen molar-refractivity contribution >= 4 is 15.6 Å². The Morgan fingerprint density at radius 1 is 1.10 bits per heavy atom. The number of hydrogen-bond acceptors (Lipinski definition) is 3. The van der Waals surface area contributed by atoms with Gasteiger partial charge < -0.3 is 4.74 Å². The highest BCUT2D eigenvalue weighted by Crippen LogP contribution is 2.28. The Bertz CT molecular complexity index is 631. The van der Waals surface area contributed by atoms with Crippen molar-refractivity contribution in [1.82, 2.24) is 4.31 Å². The quantitative estimate of drug-likeness (QED) is 0.862. The fraction of sp³-hybridized carbons (Fsp3) is 0.500. The number of sulfonamides is 1. The first-order valence-corrected chi connectivity index (χ1v) is 8.99. The molecule has 1 aliphatic heterocycles. The number of hydrogen-bond donors (Lipinski definition) is 0. The molecular weight excluding hydrogens is 286 g/mol. The minimum atomic E-state index is -3.40. The van der Waals surface area contributed by atoms with Crippen molar-refractivity contribution < 1.29 is 13.2 Å². The Morgan fingerprint density at radius 3 is 2.62 bits per heavy atom. The molecule has 0 atom stereocenters. The molecule has 4 nitrogen and oxygen atoms in total. The number of benzene rings is 1. The molecule has 2 aliphatic rings. The van der Waals surface area contributed by atoms with Crippen molar-refractivity contribution in [2.24, 2.45) is 0 Å². The minimum Gasteiger partial charge on any atom is -0.379 e. The third-order valence-electron chi connectivity index (χ3n) is 4.10. The second-order valence-corrected chi connectivity index (χ2v) is 7.46. The first kappa shape index (κ1) is 14.8. The molecule has 1 fully saturated rings. The Balaban J connectivity index is 1.89. The maximum atomic E-state index is 12.7. The van der Waals surface area contributed by atoms with Crippen LogP contribution in [0.5, 0.6) is 0 Å². The molecule has 0 radical (unpaired) electrons. The van der Waals surface area contributed by atoms with Crippen LogP contribution in [-0.4, -0.2) is 39.0 Å². The van der Waals surface area contributed by atoms with Gasteiger partial charge in [0.25, 0.3) is 0 Å². The summed E-state index contributed by atoms with van der Waals surface area (Å²) in [5.74, 6) is 0. The van der Waals surface area contributed by atoms with Crippen LogP contribution in [0.2, 0.25) is 0 Å². The van der Waals surface area contributed by atoms with E-state index in [1.54, 1.807) is 6.07 Å². The van der Waals surface area contributed by atoms with E-state index >= 15 is 0 Å². The third kappa shape index (κ3) is 3.20. The van der Waals surface area contributed by atoms with Crippen molar-refractivity contribution in [3.63, 3.8) is 0 Å². The largest absolute Gasteiger partial charge is 0.379 e. The number of nitrogens with zero attached hydrogens (tertiary/aromatic N) is 1. The van der Waals surface area contributed by atoms with E-state index in [9.17, 15) is 8.42 Å². The molecule has 0 saturated carbocycles. The highest BCUT2D eigenvalue weighted by atomic mass is 32.2. The zero-order valence-corrected chi connectivity index (χ0v) is 12.9. The fourth-order valence-electron chi connectivity index (χ4n) is 2.89. The van der Waals surface area contributed by atoms with Crippen LogP contribution in [0.1, 0.15) is 31.2 Å². The van der Waals surface area contributed by atoms with Gasteiger partial charge in [0.15, 0.2) is 0 Å². The van der Waals surface area contributed by atoms with Crippen LogP contribution >= 0.6 is 0 Å². The highest BCUT2D eigenvalue weighted by Gasteiger charge is 2.26. The maximum Gasteiger partial charge on any atom is 0.243 e. The van der Waals surface area contributed by atoms with Crippen molar-refractivity contribution in [2.45, 2.75) is 30.6 Å². The lowest BCUT2D eigenvalue weighted by atomic mass is 9.94. The van der Waals surface area contributed by atoms with Crippen LogP contribution in [0.4, 0.5) is 0 Å². The van der Waals surface area contributed by atoms with Crippen LogP contribution in [-0.2, 0) is 14.8 Å². The van der Waals surface area contributed by atoms with E-state index in [1.807, 2.05) is 18.2 Å². The summed E-state index contributed by atoms with van der Waals surface area (Å²) in [5.41, 5.74) is 2.32. The molecule has 1 saturated heterocycles. The lowest BCUT2D eigenvalue weighted by Crippen LogP contribution is -2.40. The summed E-state index contributed by atoms with van der Waals surface area (Å²) in [6.07, 6.45) is 6.79. The van der Waals surface area contributed by atoms with Gasteiger partial charge in [-0.1, -0.05) is 18.2 Å². The van der Waals surface area contributed by atoms with E-state index in [4.69, 9.17) is 4.74 Å². The van der Waals surface area contributed by atoms with Crippen LogP contribution in [0.3, 0.4) is 0 Å². The van der Waals surface area contributed by atoms with E-state index in [-0.39, 0.29) is 0 Å². The topological polar surface area (TPSA) is 46.6 Å². The van der Waals surface area contributed by atoms with Crippen LogP contribution in [0.25, 0.3) is 5.57 Å². The van der Waals surface area contributed by atoms with E-state index in [0.717, 1.165) is 18.4 Å². The molecule has 3 rings (SSSR count). The molecule has 0 N–H and O–H groups in total. The van der Waals surface area contributed by atoms with Gasteiger partial charge in [0, 0.05) is 13.1 Å². The molecule has 0 amide bonds. The molecule has 21 heavy (non-hydrogen) atoms. The van der Waals surface area contributed by atoms with Crippen LogP contribution in [0.15, 0.2) is 35.2 Å². The SMILES string of the molecule is O=S(=O)(c1cccc(C2=CCCCC2)c1)N1CCOCC1. The Labute approximate surface area is 126 Å².